The van der Waals surface area contributed by atoms with E-state index < -0.39 is 12.5 Å². The average Bonchev–Trinajstić information content (AvgIpc) is 2.17. The molecule has 2 atom stereocenters. The maximum Gasteiger partial charge on any atom is 0.274 e. The minimum Gasteiger partial charge on any atom is -0.484 e. The second-order valence-corrected chi connectivity index (χ2v) is 3.37. The zero-order valence-electron chi connectivity index (χ0n) is 7.49. The molecule has 1 heterocycles. The minimum atomic E-state index is -2.48. The minimum absolute atomic E-state index is 0.175. The first kappa shape index (κ1) is 9.40. The zero-order valence-corrected chi connectivity index (χ0v) is 7.49. The molecule has 76 valence electrons. The molecule has 1 aromatic rings. The Morgan fingerprint density at radius 3 is 2.79 bits per heavy atom. The van der Waals surface area contributed by atoms with Crippen LogP contribution in [0.2, 0.25) is 0 Å². The molecule has 0 saturated heterocycles. The van der Waals surface area contributed by atoms with Gasteiger partial charge in [0.25, 0.3) is 6.43 Å². The predicted molar refractivity (Wildman–Crippen MR) is 48.4 cm³/mol. The molecule has 0 bridgehead atoms. The third-order valence-corrected chi connectivity index (χ3v) is 2.36. The second-order valence-electron chi connectivity index (χ2n) is 3.37. The van der Waals surface area contributed by atoms with E-state index in [1.165, 1.54) is 0 Å². The van der Waals surface area contributed by atoms with Crippen molar-refractivity contribution in [2.24, 2.45) is 5.73 Å². The molecule has 2 N–H and O–H groups in total. The molecule has 0 radical (unpaired) electrons. The smallest absolute Gasteiger partial charge is 0.274 e. The van der Waals surface area contributed by atoms with Gasteiger partial charge in [-0.05, 0) is 6.07 Å². The SMILES string of the molecule is NC1CC(C(F)F)Oc2ccccc21. The third-order valence-electron chi connectivity index (χ3n) is 2.36. The molecule has 1 aliphatic heterocycles. The van der Waals surface area contributed by atoms with Gasteiger partial charge in [-0.15, -0.1) is 0 Å². The van der Waals surface area contributed by atoms with Crippen LogP contribution in [-0.4, -0.2) is 12.5 Å². The maximum atomic E-state index is 12.4. The van der Waals surface area contributed by atoms with Gasteiger partial charge in [0, 0.05) is 18.0 Å². The van der Waals surface area contributed by atoms with Crippen LogP contribution in [0, 0.1) is 0 Å². The Labute approximate surface area is 80.7 Å². The average molecular weight is 199 g/mol. The molecule has 2 rings (SSSR count). The summed E-state index contributed by atoms with van der Waals surface area (Å²) in [6.45, 7) is 0. The lowest BCUT2D eigenvalue weighted by atomic mass is 9.97. The number of ether oxygens (including phenoxy) is 1. The van der Waals surface area contributed by atoms with Gasteiger partial charge in [0.15, 0.2) is 6.10 Å². The van der Waals surface area contributed by atoms with Gasteiger partial charge in [-0.1, -0.05) is 18.2 Å². The Hall–Kier alpha value is -1.16. The Morgan fingerprint density at radius 1 is 1.36 bits per heavy atom. The molecule has 1 aliphatic rings. The van der Waals surface area contributed by atoms with Crippen LogP contribution in [0.25, 0.3) is 0 Å². The largest absolute Gasteiger partial charge is 0.484 e. The molecule has 0 amide bonds. The molecule has 2 nitrogen and oxygen atoms in total. The third kappa shape index (κ3) is 1.57. The number of nitrogens with two attached hydrogens (primary N) is 1. The van der Waals surface area contributed by atoms with E-state index in [9.17, 15) is 8.78 Å². The summed E-state index contributed by atoms with van der Waals surface area (Å²) in [5, 5.41) is 0. The number of rotatable bonds is 1. The van der Waals surface area contributed by atoms with Crippen molar-refractivity contribution in [3.05, 3.63) is 29.8 Å². The van der Waals surface area contributed by atoms with Crippen molar-refractivity contribution in [1.29, 1.82) is 0 Å². The van der Waals surface area contributed by atoms with Gasteiger partial charge in [0.05, 0.1) is 0 Å². The summed E-state index contributed by atoms with van der Waals surface area (Å²) < 4.78 is 29.9. The van der Waals surface area contributed by atoms with E-state index in [-0.39, 0.29) is 12.5 Å². The number of hydrogen-bond donors (Lipinski definition) is 1. The van der Waals surface area contributed by atoms with Crippen molar-refractivity contribution in [3.63, 3.8) is 0 Å². The molecular weight excluding hydrogens is 188 g/mol. The van der Waals surface area contributed by atoms with Crippen LogP contribution in [0.3, 0.4) is 0 Å². The topological polar surface area (TPSA) is 35.2 Å². The van der Waals surface area contributed by atoms with E-state index >= 15 is 0 Å². The van der Waals surface area contributed by atoms with Crippen LogP contribution < -0.4 is 10.5 Å². The first-order chi connectivity index (χ1) is 6.68. The van der Waals surface area contributed by atoms with Crippen molar-refractivity contribution in [3.8, 4) is 5.75 Å². The Bertz CT molecular complexity index is 330. The Balaban J connectivity index is 2.29. The van der Waals surface area contributed by atoms with E-state index in [0.29, 0.717) is 5.75 Å². The van der Waals surface area contributed by atoms with Crippen LogP contribution in [-0.2, 0) is 0 Å². The fourth-order valence-electron chi connectivity index (χ4n) is 1.64. The summed E-state index contributed by atoms with van der Waals surface area (Å²) >= 11 is 0. The van der Waals surface area contributed by atoms with Gasteiger partial charge < -0.3 is 10.5 Å². The molecule has 0 aliphatic carbocycles. The summed E-state index contributed by atoms with van der Waals surface area (Å²) in [6.07, 6.45) is -3.37. The highest BCUT2D eigenvalue weighted by atomic mass is 19.3. The summed E-state index contributed by atoms with van der Waals surface area (Å²) in [6, 6.07) is 6.70. The molecule has 0 saturated carbocycles. The Morgan fingerprint density at radius 2 is 2.07 bits per heavy atom. The van der Waals surface area contributed by atoms with Crippen molar-refractivity contribution in [2.45, 2.75) is 25.0 Å². The number of para-hydroxylation sites is 1. The Kier molecular flexibility index (Phi) is 2.37. The number of hydrogen-bond acceptors (Lipinski definition) is 2. The standard InChI is InChI=1S/C10H11F2NO/c11-10(12)9-5-7(13)6-3-1-2-4-8(6)14-9/h1-4,7,9-10H,5,13H2. The zero-order chi connectivity index (χ0) is 10.1. The molecule has 0 spiro atoms. The van der Waals surface area contributed by atoms with E-state index in [4.69, 9.17) is 10.5 Å². The van der Waals surface area contributed by atoms with Crippen molar-refractivity contribution in [1.82, 2.24) is 0 Å². The van der Waals surface area contributed by atoms with Gasteiger partial charge in [-0.3, -0.25) is 0 Å². The summed E-state index contributed by atoms with van der Waals surface area (Å²) in [7, 11) is 0. The van der Waals surface area contributed by atoms with Crippen LogP contribution in [0.5, 0.6) is 5.75 Å². The van der Waals surface area contributed by atoms with Crippen LogP contribution in [0.4, 0.5) is 8.78 Å². The number of halogens is 2. The van der Waals surface area contributed by atoms with Crippen molar-refractivity contribution >= 4 is 0 Å². The maximum absolute atomic E-state index is 12.4. The van der Waals surface area contributed by atoms with E-state index in [1.807, 2.05) is 12.1 Å². The lowest BCUT2D eigenvalue weighted by Gasteiger charge is -2.29. The summed E-state index contributed by atoms with van der Waals surface area (Å²) in [5.41, 5.74) is 6.57. The first-order valence-corrected chi connectivity index (χ1v) is 4.48. The predicted octanol–water partition coefficient (Wildman–Crippen LogP) is 2.10. The number of alkyl halides is 2. The van der Waals surface area contributed by atoms with Gasteiger partial charge in [-0.2, -0.15) is 0 Å². The van der Waals surface area contributed by atoms with E-state index in [1.54, 1.807) is 12.1 Å². The highest BCUT2D eigenvalue weighted by Crippen LogP contribution is 2.34. The quantitative estimate of drug-likeness (QED) is 0.751. The lowest BCUT2D eigenvalue weighted by Crippen LogP contribution is -2.34. The van der Waals surface area contributed by atoms with Crippen molar-refractivity contribution < 1.29 is 13.5 Å². The normalized spacial score (nSPS) is 25.7. The molecule has 2 unspecified atom stereocenters. The number of fused-ring (bicyclic) bond motifs is 1. The molecule has 0 aromatic heterocycles. The van der Waals surface area contributed by atoms with E-state index in [0.717, 1.165) is 5.56 Å². The lowest BCUT2D eigenvalue weighted by molar-refractivity contribution is -0.00486. The highest BCUT2D eigenvalue weighted by Gasteiger charge is 2.31. The monoisotopic (exact) mass is 199 g/mol. The highest BCUT2D eigenvalue weighted by molar-refractivity contribution is 5.37. The fourth-order valence-corrected chi connectivity index (χ4v) is 1.64. The van der Waals surface area contributed by atoms with Crippen LogP contribution in [0.15, 0.2) is 24.3 Å². The first-order valence-electron chi connectivity index (χ1n) is 4.48. The van der Waals surface area contributed by atoms with Gasteiger partial charge in [0.1, 0.15) is 5.75 Å². The molecule has 4 heteroatoms. The summed E-state index contributed by atoms with van der Waals surface area (Å²) in [5.74, 6) is 0.483. The fraction of sp³-hybridized carbons (Fsp3) is 0.400. The van der Waals surface area contributed by atoms with E-state index in [2.05, 4.69) is 0 Å². The summed E-state index contributed by atoms with van der Waals surface area (Å²) in [4.78, 5) is 0. The van der Waals surface area contributed by atoms with Crippen molar-refractivity contribution in [2.75, 3.05) is 0 Å². The van der Waals surface area contributed by atoms with Gasteiger partial charge >= 0.3 is 0 Å². The van der Waals surface area contributed by atoms with Crippen LogP contribution in [0.1, 0.15) is 18.0 Å². The molecule has 14 heavy (non-hydrogen) atoms. The molecule has 0 fully saturated rings. The second kappa shape index (κ2) is 3.53. The van der Waals surface area contributed by atoms with Gasteiger partial charge in [0.2, 0.25) is 0 Å². The van der Waals surface area contributed by atoms with Gasteiger partial charge in [-0.25, -0.2) is 8.78 Å². The van der Waals surface area contributed by atoms with Crippen LogP contribution >= 0.6 is 0 Å². The molecule has 1 aromatic carbocycles. The number of benzene rings is 1. The molecular formula is C10H11F2NO.